The van der Waals surface area contributed by atoms with E-state index in [1.54, 1.807) is 0 Å². The van der Waals surface area contributed by atoms with Crippen LogP contribution in [0.1, 0.15) is 42.3 Å². The molecule has 0 aromatic carbocycles. The van der Waals surface area contributed by atoms with Crippen LogP contribution < -0.4 is 11.1 Å². The summed E-state index contributed by atoms with van der Waals surface area (Å²) in [5.41, 5.74) is 5.95. The monoisotopic (exact) mass is 310 g/mol. The van der Waals surface area contributed by atoms with E-state index in [0.717, 1.165) is 11.6 Å². The van der Waals surface area contributed by atoms with Crippen LogP contribution in [0.3, 0.4) is 0 Å². The Hall–Kier alpha value is -1.34. The van der Waals surface area contributed by atoms with E-state index in [4.69, 9.17) is 10.5 Å². The molecule has 1 aliphatic carbocycles. The van der Waals surface area contributed by atoms with Crippen LogP contribution in [0.4, 0.5) is 10.9 Å². The Morgan fingerprint density at radius 1 is 1.57 bits per heavy atom. The number of aromatic nitrogens is 1. The summed E-state index contributed by atoms with van der Waals surface area (Å²) in [6.45, 7) is 3.89. The normalized spacial score (nSPS) is 22.9. The van der Waals surface area contributed by atoms with Gasteiger partial charge in [0.05, 0.1) is 19.3 Å². The molecular weight excluding hydrogens is 288 g/mol. The highest BCUT2D eigenvalue weighted by Gasteiger charge is 2.30. The molecule has 1 saturated heterocycles. The lowest BCUT2D eigenvalue weighted by molar-refractivity contribution is -0.00249. The molecule has 3 rings (SSSR count). The van der Waals surface area contributed by atoms with Crippen LogP contribution in [0.5, 0.6) is 0 Å². The lowest BCUT2D eigenvalue weighted by Crippen LogP contribution is -2.48. The topological polar surface area (TPSA) is 80.5 Å². The van der Waals surface area contributed by atoms with Crippen molar-refractivity contribution in [2.45, 2.75) is 44.7 Å². The van der Waals surface area contributed by atoms with Gasteiger partial charge in [-0.25, -0.2) is 4.98 Å². The van der Waals surface area contributed by atoms with Crippen LogP contribution in [-0.2, 0) is 4.74 Å². The minimum absolute atomic E-state index is 0.0122. The SMILES string of the molecule is CCC1COCCN1C(=O)c1sc(NC2CCC2)nc1N. The molecule has 0 spiro atoms. The van der Waals surface area contributed by atoms with Crippen molar-refractivity contribution in [1.29, 1.82) is 0 Å². The van der Waals surface area contributed by atoms with Crippen molar-refractivity contribution < 1.29 is 9.53 Å². The highest BCUT2D eigenvalue weighted by Crippen LogP contribution is 2.31. The van der Waals surface area contributed by atoms with Gasteiger partial charge in [0.25, 0.3) is 5.91 Å². The third kappa shape index (κ3) is 2.98. The number of amides is 1. The molecule has 2 fully saturated rings. The first-order valence-corrected chi connectivity index (χ1v) is 8.42. The average Bonchev–Trinajstić information content (AvgIpc) is 2.83. The largest absolute Gasteiger partial charge is 0.382 e. The summed E-state index contributed by atoms with van der Waals surface area (Å²) in [6, 6.07) is 0.626. The van der Waals surface area contributed by atoms with E-state index in [9.17, 15) is 4.79 Å². The van der Waals surface area contributed by atoms with E-state index in [1.165, 1.54) is 30.6 Å². The first kappa shape index (κ1) is 14.6. The summed E-state index contributed by atoms with van der Waals surface area (Å²) in [5.74, 6) is 0.329. The standard InChI is InChI=1S/C14H22N4O2S/c1-2-10-8-20-7-6-18(10)13(19)11-12(15)17-14(21-11)16-9-4-3-5-9/h9-10H,2-8,15H2,1H3,(H,16,17). The molecule has 21 heavy (non-hydrogen) atoms. The van der Waals surface area contributed by atoms with E-state index >= 15 is 0 Å². The molecule has 1 unspecified atom stereocenters. The summed E-state index contributed by atoms with van der Waals surface area (Å²) in [4.78, 5) is 19.4. The molecule has 1 aromatic heterocycles. The number of nitrogens with zero attached hydrogens (tertiary/aromatic N) is 2. The third-order valence-corrected chi connectivity index (χ3v) is 5.23. The number of nitrogens with two attached hydrogens (primary N) is 1. The molecule has 6 nitrogen and oxygen atoms in total. The second kappa shape index (κ2) is 6.19. The predicted molar refractivity (Wildman–Crippen MR) is 83.7 cm³/mol. The van der Waals surface area contributed by atoms with Crippen LogP contribution in [0.15, 0.2) is 0 Å². The number of hydrogen-bond acceptors (Lipinski definition) is 6. The van der Waals surface area contributed by atoms with Gasteiger partial charge in [-0.2, -0.15) is 0 Å². The molecule has 2 heterocycles. The maximum absolute atomic E-state index is 12.7. The zero-order valence-electron chi connectivity index (χ0n) is 12.3. The lowest BCUT2D eigenvalue weighted by Gasteiger charge is -2.34. The van der Waals surface area contributed by atoms with Gasteiger partial charge in [-0.3, -0.25) is 4.79 Å². The van der Waals surface area contributed by atoms with Gasteiger partial charge in [-0.1, -0.05) is 18.3 Å². The molecule has 0 bridgehead atoms. The van der Waals surface area contributed by atoms with Gasteiger partial charge >= 0.3 is 0 Å². The molecular formula is C14H22N4O2S. The van der Waals surface area contributed by atoms with Crippen molar-refractivity contribution in [3.8, 4) is 0 Å². The van der Waals surface area contributed by atoms with Crippen LogP contribution in [0, 0.1) is 0 Å². The number of carbonyl (C=O) groups excluding carboxylic acids is 1. The molecule has 1 saturated carbocycles. The number of nitrogens with one attached hydrogen (secondary N) is 1. The number of anilines is 2. The highest BCUT2D eigenvalue weighted by molar-refractivity contribution is 7.18. The Morgan fingerprint density at radius 3 is 3.05 bits per heavy atom. The van der Waals surface area contributed by atoms with Gasteiger partial charge in [0.2, 0.25) is 0 Å². The minimum Gasteiger partial charge on any atom is -0.382 e. The Kier molecular flexibility index (Phi) is 4.30. The van der Waals surface area contributed by atoms with Crippen LogP contribution >= 0.6 is 11.3 Å². The zero-order valence-corrected chi connectivity index (χ0v) is 13.1. The Labute approximate surface area is 128 Å². The summed E-state index contributed by atoms with van der Waals surface area (Å²) >= 11 is 1.37. The van der Waals surface area contributed by atoms with E-state index in [-0.39, 0.29) is 11.9 Å². The van der Waals surface area contributed by atoms with E-state index in [0.29, 0.717) is 36.5 Å². The predicted octanol–water partition coefficient (Wildman–Crippen LogP) is 1.94. The molecule has 116 valence electrons. The van der Waals surface area contributed by atoms with Crippen LogP contribution in [0.2, 0.25) is 0 Å². The van der Waals surface area contributed by atoms with E-state index in [1.807, 2.05) is 4.90 Å². The van der Waals surface area contributed by atoms with Gasteiger partial charge in [0.15, 0.2) is 5.13 Å². The second-order valence-electron chi connectivity index (χ2n) is 5.64. The van der Waals surface area contributed by atoms with Crippen molar-refractivity contribution in [1.82, 2.24) is 9.88 Å². The lowest BCUT2D eigenvalue weighted by atomic mass is 9.93. The zero-order chi connectivity index (χ0) is 14.8. The third-order valence-electron chi connectivity index (χ3n) is 4.24. The molecule has 1 aromatic rings. The van der Waals surface area contributed by atoms with Gasteiger partial charge in [0.1, 0.15) is 10.7 Å². The highest BCUT2D eigenvalue weighted by atomic mass is 32.1. The fourth-order valence-electron chi connectivity index (χ4n) is 2.66. The van der Waals surface area contributed by atoms with E-state index < -0.39 is 0 Å². The van der Waals surface area contributed by atoms with Gasteiger partial charge in [-0.05, 0) is 25.7 Å². The van der Waals surface area contributed by atoms with Crippen molar-refractivity contribution in [2.24, 2.45) is 0 Å². The molecule has 7 heteroatoms. The van der Waals surface area contributed by atoms with Gasteiger partial charge < -0.3 is 20.7 Å². The van der Waals surface area contributed by atoms with Crippen LogP contribution in [-0.4, -0.2) is 47.6 Å². The smallest absolute Gasteiger partial charge is 0.268 e. The van der Waals surface area contributed by atoms with Gasteiger partial charge in [0, 0.05) is 12.6 Å². The summed E-state index contributed by atoms with van der Waals surface area (Å²) in [6.07, 6.45) is 4.49. The minimum atomic E-state index is -0.0122. The number of nitrogen functional groups attached to an aromatic ring is 1. The number of carbonyl (C=O) groups is 1. The molecule has 2 aliphatic rings. The Bertz CT molecular complexity index is 515. The fourth-order valence-corrected chi connectivity index (χ4v) is 3.58. The molecule has 1 atom stereocenters. The number of morpholine rings is 1. The van der Waals surface area contributed by atoms with Gasteiger partial charge in [-0.15, -0.1) is 0 Å². The molecule has 1 amide bonds. The fraction of sp³-hybridized carbons (Fsp3) is 0.714. The van der Waals surface area contributed by atoms with Crippen molar-refractivity contribution in [3.05, 3.63) is 4.88 Å². The van der Waals surface area contributed by atoms with E-state index in [2.05, 4.69) is 17.2 Å². The summed E-state index contributed by atoms with van der Waals surface area (Å²) in [7, 11) is 0. The number of hydrogen-bond donors (Lipinski definition) is 2. The van der Waals surface area contributed by atoms with Crippen molar-refractivity contribution in [2.75, 3.05) is 30.8 Å². The molecule has 3 N–H and O–H groups in total. The number of ether oxygens (including phenoxy) is 1. The molecule has 1 aliphatic heterocycles. The Balaban J connectivity index is 1.73. The first-order valence-electron chi connectivity index (χ1n) is 7.60. The number of rotatable bonds is 4. The summed E-state index contributed by atoms with van der Waals surface area (Å²) in [5, 5.41) is 4.12. The maximum atomic E-state index is 12.7. The maximum Gasteiger partial charge on any atom is 0.268 e. The Morgan fingerprint density at radius 2 is 2.38 bits per heavy atom. The van der Waals surface area contributed by atoms with Crippen molar-refractivity contribution in [3.63, 3.8) is 0 Å². The average molecular weight is 310 g/mol. The number of thiazole rings is 1. The second-order valence-corrected chi connectivity index (χ2v) is 6.64. The summed E-state index contributed by atoms with van der Waals surface area (Å²) < 4.78 is 5.45. The van der Waals surface area contributed by atoms with Crippen molar-refractivity contribution >= 4 is 28.2 Å². The first-order chi connectivity index (χ1) is 10.2. The van der Waals surface area contributed by atoms with Crippen LogP contribution in [0.25, 0.3) is 0 Å². The quantitative estimate of drug-likeness (QED) is 0.888. The molecule has 0 radical (unpaired) electrons.